The zero-order valence-corrected chi connectivity index (χ0v) is 19.8. The average Bonchev–Trinajstić information content (AvgIpc) is 3.26. The van der Waals surface area contributed by atoms with Crippen LogP contribution in [0.5, 0.6) is 0 Å². The summed E-state index contributed by atoms with van der Waals surface area (Å²) in [5.74, 6) is -1.25. The minimum absolute atomic E-state index is 0.147. The Morgan fingerprint density at radius 2 is 1.71 bits per heavy atom. The van der Waals surface area contributed by atoms with Gasteiger partial charge in [-0.05, 0) is 67.8 Å². The fraction of sp³-hybridized carbons (Fsp3) is 0.458. The first-order chi connectivity index (χ1) is 16.0. The summed E-state index contributed by atoms with van der Waals surface area (Å²) in [4.78, 5) is 16.6. The van der Waals surface area contributed by atoms with Crippen molar-refractivity contribution in [2.45, 2.75) is 36.8 Å². The molecular weight excluding hydrogens is 467 g/mol. The molecule has 0 atom stereocenters. The van der Waals surface area contributed by atoms with Crippen molar-refractivity contribution in [1.82, 2.24) is 4.90 Å². The Balaban J connectivity index is 1.44. The Hall–Kier alpha value is -2.59. The van der Waals surface area contributed by atoms with Crippen LogP contribution in [-0.4, -0.2) is 58.2 Å². The number of hydrogen-bond acceptors (Lipinski definition) is 5. The lowest BCUT2D eigenvalue weighted by Gasteiger charge is -2.34. The van der Waals surface area contributed by atoms with E-state index in [1.54, 1.807) is 18.2 Å². The van der Waals surface area contributed by atoms with Crippen molar-refractivity contribution in [3.8, 4) is 0 Å². The first-order valence-electron chi connectivity index (χ1n) is 11.3. The number of halogens is 3. The van der Waals surface area contributed by atoms with E-state index >= 15 is 0 Å². The van der Waals surface area contributed by atoms with Gasteiger partial charge in [0.25, 0.3) is 0 Å². The van der Waals surface area contributed by atoms with E-state index in [4.69, 9.17) is 0 Å². The number of anilines is 2. The third-order valence-electron chi connectivity index (χ3n) is 6.48. The van der Waals surface area contributed by atoms with Crippen LogP contribution in [0, 0.1) is 0 Å². The molecule has 6 nitrogen and oxygen atoms in total. The Kier molecular flexibility index (Phi) is 6.91. The molecule has 1 N–H and O–H groups in total. The van der Waals surface area contributed by atoms with Gasteiger partial charge in [0.2, 0.25) is 5.91 Å². The molecule has 1 heterocycles. The van der Waals surface area contributed by atoms with Gasteiger partial charge in [0.05, 0.1) is 21.9 Å². The zero-order valence-electron chi connectivity index (χ0n) is 19.0. The quantitative estimate of drug-likeness (QED) is 0.661. The van der Waals surface area contributed by atoms with Crippen molar-refractivity contribution in [1.29, 1.82) is 0 Å². The van der Waals surface area contributed by atoms with Gasteiger partial charge in [0, 0.05) is 38.3 Å². The van der Waals surface area contributed by atoms with Crippen molar-refractivity contribution >= 4 is 27.1 Å². The third kappa shape index (κ3) is 5.55. The summed E-state index contributed by atoms with van der Waals surface area (Å²) in [5.41, 5.74) is 1.26. The standard InChI is InChI=1S/C24H28F3N3O3S/c1-29-10-12-30(13-11-29)19-6-8-22(21(16-19)24(25,26)27)28-23(31)9-14-34(32,33)20-7-5-17-3-2-4-18(17)15-20/h5-8,15-16H,2-4,9-14H2,1H3,(H,28,31). The highest BCUT2D eigenvalue weighted by molar-refractivity contribution is 7.91. The molecule has 0 unspecified atom stereocenters. The molecule has 184 valence electrons. The smallest absolute Gasteiger partial charge is 0.369 e. The maximum atomic E-state index is 13.7. The van der Waals surface area contributed by atoms with E-state index < -0.39 is 39.7 Å². The summed E-state index contributed by atoms with van der Waals surface area (Å²) in [6, 6.07) is 8.82. The van der Waals surface area contributed by atoms with Crippen LogP contribution in [-0.2, 0) is 33.6 Å². The Labute approximate surface area is 197 Å². The molecule has 1 fully saturated rings. The predicted molar refractivity (Wildman–Crippen MR) is 125 cm³/mol. The van der Waals surface area contributed by atoms with Crippen molar-refractivity contribution in [3.63, 3.8) is 0 Å². The maximum Gasteiger partial charge on any atom is 0.418 e. The number of aryl methyl sites for hydroxylation is 2. The molecule has 1 aliphatic heterocycles. The largest absolute Gasteiger partial charge is 0.418 e. The monoisotopic (exact) mass is 495 g/mol. The van der Waals surface area contributed by atoms with Crippen LogP contribution in [0.2, 0.25) is 0 Å². The lowest BCUT2D eigenvalue weighted by Crippen LogP contribution is -2.44. The summed E-state index contributed by atoms with van der Waals surface area (Å²) < 4.78 is 66.6. The van der Waals surface area contributed by atoms with E-state index in [-0.39, 0.29) is 10.6 Å². The zero-order chi connectivity index (χ0) is 24.5. The number of carbonyl (C=O) groups is 1. The van der Waals surface area contributed by atoms with Crippen LogP contribution in [0.3, 0.4) is 0 Å². The van der Waals surface area contributed by atoms with Gasteiger partial charge in [0.15, 0.2) is 9.84 Å². The van der Waals surface area contributed by atoms with Crippen LogP contribution in [0.25, 0.3) is 0 Å². The molecular formula is C24H28F3N3O3S. The number of carbonyl (C=O) groups excluding carboxylic acids is 1. The van der Waals surface area contributed by atoms with Gasteiger partial charge in [-0.1, -0.05) is 6.07 Å². The van der Waals surface area contributed by atoms with E-state index in [2.05, 4.69) is 10.2 Å². The van der Waals surface area contributed by atoms with Crippen LogP contribution in [0.15, 0.2) is 41.3 Å². The topological polar surface area (TPSA) is 69.7 Å². The van der Waals surface area contributed by atoms with E-state index in [0.29, 0.717) is 18.8 Å². The molecule has 34 heavy (non-hydrogen) atoms. The molecule has 1 aliphatic carbocycles. The molecule has 4 rings (SSSR count). The van der Waals surface area contributed by atoms with Gasteiger partial charge in [-0.3, -0.25) is 4.79 Å². The number of rotatable bonds is 6. The number of amides is 1. The summed E-state index contributed by atoms with van der Waals surface area (Å²) in [6.07, 6.45) is -2.37. The third-order valence-corrected chi connectivity index (χ3v) is 8.19. The second kappa shape index (κ2) is 9.58. The second-order valence-electron chi connectivity index (χ2n) is 8.92. The normalized spacial score (nSPS) is 17.0. The molecule has 1 saturated heterocycles. The summed E-state index contributed by atoms with van der Waals surface area (Å²) in [7, 11) is -1.77. The van der Waals surface area contributed by atoms with Crippen molar-refractivity contribution in [3.05, 3.63) is 53.1 Å². The van der Waals surface area contributed by atoms with Gasteiger partial charge < -0.3 is 15.1 Å². The number of sulfone groups is 1. The SMILES string of the molecule is CN1CCN(c2ccc(NC(=O)CCS(=O)(=O)c3ccc4c(c3)CCC4)c(C(F)(F)F)c2)CC1. The number of piperazine rings is 1. The minimum atomic E-state index is -4.66. The number of nitrogens with one attached hydrogen (secondary N) is 1. The first kappa shape index (κ1) is 24.5. The maximum absolute atomic E-state index is 13.7. The minimum Gasteiger partial charge on any atom is -0.369 e. The van der Waals surface area contributed by atoms with Gasteiger partial charge in [-0.25, -0.2) is 8.42 Å². The molecule has 0 bridgehead atoms. The van der Waals surface area contributed by atoms with Gasteiger partial charge in [0.1, 0.15) is 0 Å². The highest BCUT2D eigenvalue weighted by atomic mass is 32.2. The van der Waals surface area contributed by atoms with E-state index in [0.717, 1.165) is 49.5 Å². The molecule has 0 saturated carbocycles. The molecule has 0 aromatic heterocycles. The Morgan fingerprint density at radius 1 is 1.00 bits per heavy atom. The molecule has 0 radical (unpaired) electrons. The van der Waals surface area contributed by atoms with E-state index in [1.807, 2.05) is 11.9 Å². The number of likely N-dealkylation sites (N-methyl/N-ethyl adjacent to an activating group) is 1. The van der Waals surface area contributed by atoms with Crippen LogP contribution in [0.1, 0.15) is 29.5 Å². The summed E-state index contributed by atoms with van der Waals surface area (Å²) >= 11 is 0. The number of fused-ring (bicyclic) bond motifs is 1. The van der Waals surface area contributed by atoms with Crippen molar-refractivity contribution in [2.24, 2.45) is 0 Å². The highest BCUT2D eigenvalue weighted by Crippen LogP contribution is 2.37. The lowest BCUT2D eigenvalue weighted by molar-refractivity contribution is -0.136. The molecule has 2 aromatic carbocycles. The number of alkyl halides is 3. The fourth-order valence-electron chi connectivity index (χ4n) is 4.44. The number of benzene rings is 2. The van der Waals surface area contributed by atoms with E-state index in [9.17, 15) is 26.4 Å². The molecule has 10 heteroatoms. The summed E-state index contributed by atoms with van der Waals surface area (Å²) in [5, 5.41) is 2.27. The number of nitrogens with zero attached hydrogens (tertiary/aromatic N) is 2. The van der Waals surface area contributed by atoms with Gasteiger partial charge >= 0.3 is 6.18 Å². The van der Waals surface area contributed by atoms with Crippen molar-refractivity contribution < 1.29 is 26.4 Å². The second-order valence-corrected chi connectivity index (χ2v) is 11.0. The molecule has 2 aliphatic rings. The van der Waals surface area contributed by atoms with Gasteiger partial charge in [-0.15, -0.1) is 0 Å². The van der Waals surface area contributed by atoms with Crippen molar-refractivity contribution in [2.75, 3.05) is 49.2 Å². The van der Waals surface area contributed by atoms with Gasteiger partial charge in [-0.2, -0.15) is 13.2 Å². The summed E-state index contributed by atoms with van der Waals surface area (Å²) in [6.45, 7) is 2.72. The molecule has 1 amide bonds. The Morgan fingerprint density at radius 3 is 2.41 bits per heavy atom. The van der Waals surface area contributed by atoms with E-state index in [1.165, 1.54) is 12.1 Å². The molecule has 0 spiro atoms. The average molecular weight is 496 g/mol. The Bertz CT molecular complexity index is 1170. The van der Waals surface area contributed by atoms with Crippen LogP contribution in [0.4, 0.5) is 24.5 Å². The fourth-order valence-corrected chi connectivity index (χ4v) is 5.72. The predicted octanol–water partition coefficient (Wildman–Crippen LogP) is 3.75. The van der Waals surface area contributed by atoms with Crippen LogP contribution < -0.4 is 10.2 Å². The number of hydrogen-bond donors (Lipinski definition) is 1. The highest BCUT2D eigenvalue weighted by Gasteiger charge is 2.35. The molecule has 2 aromatic rings. The van der Waals surface area contributed by atoms with Crippen LogP contribution >= 0.6 is 0 Å². The lowest BCUT2D eigenvalue weighted by atomic mass is 10.1. The first-order valence-corrected chi connectivity index (χ1v) is 13.0.